The van der Waals surface area contributed by atoms with Gasteiger partial charge in [-0.2, -0.15) is 13.2 Å². The van der Waals surface area contributed by atoms with Crippen molar-refractivity contribution in [1.29, 1.82) is 0 Å². The number of ketones is 1. The number of Topliss-reactive ketones (excluding diaryl/α,β-unsaturated/α-hetero) is 1. The van der Waals surface area contributed by atoms with Crippen LogP contribution in [0.4, 0.5) is 13.2 Å². The van der Waals surface area contributed by atoms with E-state index >= 15 is 0 Å². The van der Waals surface area contributed by atoms with E-state index in [2.05, 4.69) is 0 Å². The van der Waals surface area contributed by atoms with Crippen LogP contribution in [0.1, 0.15) is 27.0 Å². The molecule has 3 nitrogen and oxygen atoms in total. The van der Waals surface area contributed by atoms with E-state index in [4.69, 9.17) is 4.74 Å². The van der Waals surface area contributed by atoms with E-state index < -0.39 is 5.51 Å². The van der Waals surface area contributed by atoms with Gasteiger partial charge in [-0.15, -0.1) is 0 Å². The first-order valence-electron chi connectivity index (χ1n) is 8.01. The number of ether oxygens (including phenoxy) is 1. The number of halogens is 3. The second kappa shape index (κ2) is 7.32. The predicted molar refractivity (Wildman–Crippen MR) is 92.5 cm³/mol. The lowest BCUT2D eigenvalue weighted by Gasteiger charge is -2.11. The van der Waals surface area contributed by atoms with Gasteiger partial charge in [0.15, 0.2) is 5.78 Å². The molecule has 0 aromatic heterocycles. The average molecular weight is 382 g/mol. The fourth-order valence-corrected chi connectivity index (χ4v) is 3.86. The fraction of sp³-hybridized carbons (Fsp3) is 0.316. The van der Waals surface area contributed by atoms with E-state index in [0.29, 0.717) is 29.7 Å². The van der Waals surface area contributed by atoms with Crippen LogP contribution >= 0.6 is 11.8 Å². The Morgan fingerprint density at radius 3 is 2.46 bits per heavy atom. The molecule has 0 saturated carbocycles. The summed E-state index contributed by atoms with van der Waals surface area (Å²) in [6.45, 7) is -0.173. The molecule has 0 spiro atoms. The topological polar surface area (TPSA) is 46.5 Å². The molecule has 1 aliphatic rings. The molecule has 138 valence electrons. The molecule has 0 amide bonds. The molecule has 0 aliphatic heterocycles. The van der Waals surface area contributed by atoms with Crippen LogP contribution in [0.2, 0.25) is 0 Å². The highest BCUT2D eigenvalue weighted by atomic mass is 32.2. The van der Waals surface area contributed by atoms with Crippen LogP contribution in [-0.2, 0) is 19.4 Å². The van der Waals surface area contributed by atoms with Gasteiger partial charge in [0.2, 0.25) is 0 Å². The van der Waals surface area contributed by atoms with Gasteiger partial charge < -0.3 is 9.84 Å². The minimum atomic E-state index is -4.31. The summed E-state index contributed by atoms with van der Waals surface area (Å²) in [4.78, 5) is 12.8. The van der Waals surface area contributed by atoms with Crippen LogP contribution in [0.25, 0.3) is 0 Å². The maximum Gasteiger partial charge on any atom is 0.446 e. The number of carbonyl (C=O) groups is 1. The van der Waals surface area contributed by atoms with E-state index in [0.717, 1.165) is 11.1 Å². The highest BCUT2D eigenvalue weighted by Gasteiger charge is 2.34. The number of alkyl halides is 3. The number of thioether (sulfide) groups is 1. The molecule has 0 saturated heterocycles. The van der Waals surface area contributed by atoms with Crippen molar-refractivity contribution in [3.8, 4) is 5.75 Å². The molecule has 1 atom stereocenters. The molecule has 1 unspecified atom stereocenters. The van der Waals surface area contributed by atoms with Crippen LogP contribution in [0.3, 0.4) is 0 Å². The van der Waals surface area contributed by atoms with Gasteiger partial charge in [-0.25, -0.2) is 0 Å². The van der Waals surface area contributed by atoms with E-state index in [1.54, 1.807) is 24.3 Å². The van der Waals surface area contributed by atoms with Gasteiger partial charge in [-0.3, -0.25) is 4.79 Å². The quantitative estimate of drug-likeness (QED) is 0.779. The van der Waals surface area contributed by atoms with Crippen molar-refractivity contribution in [2.24, 2.45) is 5.92 Å². The second-order valence-corrected chi connectivity index (χ2v) is 7.24. The smallest absolute Gasteiger partial charge is 0.446 e. The van der Waals surface area contributed by atoms with Gasteiger partial charge in [0.25, 0.3) is 0 Å². The number of hydrogen-bond donors (Lipinski definition) is 1. The molecular weight excluding hydrogens is 365 g/mol. The molecular formula is C19H17F3O3S. The number of rotatable bonds is 5. The van der Waals surface area contributed by atoms with E-state index in [9.17, 15) is 23.1 Å². The average Bonchev–Trinajstić information content (AvgIpc) is 2.90. The Kier molecular flexibility index (Phi) is 5.29. The number of fused-ring (bicyclic) bond motifs is 1. The Bertz CT molecular complexity index is 816. The van der Waals surface area contributed by atoms with Crippen molar-refractivity contribution in [2.75, 3.05) is 7.11 Å². The first-order valence-corrected chi connectivity index (χ1v) is 8.82. The lowest BCUT2D eigenvalue weighted by atomic mass is 9.96. The summed E-state index contributed by atoms with van der Waals surface area (Å²) in [5, 5.41) is 9.41. The zero-order chi connectivity index (χ0) is 18.9. The maximum absolute atomic E-state index is 12.7. The van der Waals surface area contributed by atoms with Crippen molar-refractivity contribution in [1.82, 2.24) is 0 Å². The lowest BCUT2D eigenvalue weighted by Crippen LogP contribution is -2.12. The summed E-state index contributed by atoms with van der Waals surface area (Å²) in [5.41, 5.74) is -1.49. The van der Waals surface area contributed by atoms with E-state index in [-0.39, 0.29) is 35.0 Å². The van der Waals surface area contributed by atoms with Crippen LogP contribution < -0.4 is 4.74 Å². The number of aliphatic hydroxyl groups is 1. The molecule has 0 bridgehead atoms. The van der Waals surface area contributed by atoms with E-state index in [1.165, 1.54) is 19.2 Å². The summed E-state index contributed by atoms with van der Waals surface area (Å²) in [7, 11) is 1.50. The zero-order valence-corrected chi connectivity index (χ0v) is 14.8. The third-order valence-electron chi connectivity index (χ3n) is 4.44. The molecule has 2 aromatic rings. The first kappa shape index (κ1) is 18.8. The standard InChI is InChI=1S/C19H17F3O3S/c1-25-18-12(10-23)4-7-15-16(18)9-13(17(15)24)8-11-2-5-14(6-3-11)26-19(20,21)22/h2-7,13,23H,8-10H2,1H3. The Balaban J connectivity index is 1.76. The molecule has 7 heteroatoms. The Morgan fingerprint density at radius 2 is 1.88 bits per heavy atom. The summed E-state index contributed by atoms with van der Waals surface area (Å²) in [5.74, 6) is 0.253. The Hall–Kier alpha value is -1.99. The zero-order valence-electron chi connectivity index (χ0n) is 14.0. The molecule has 0 fully saturated rings. The molecule has 3 rings (SSSR count). The fourth-order valence-electron chi connectivity index (χ4n) is 3.32. The van der Waals surface area contributed by atoms with Gasteiger partial charge in [0.1, 0.15) is 5.75 Å². The first-order chi connectivity index (χ1) is 12.3. The minimum absolute atomic E-state index is 0.00321. The Morgan fingerprint density at radius 1 is 1.19 bits per heavy atom. The van der Waals surface area contributed by atoms with Crippen LogP contribution in [0, 0.1) is 5.92 Å². The SMILES string of the molecule is COc1c(CO)ccc2c1CC(Cc1ccc(SC(F)(F)F)cc1)C2=O. The number of benzene rings is 2. The predicted octanol–water partition coefficient (Wildman–Crippen LogP) is 4.40. The van der Waals surface area contributed by atoms with E-state index in [1.807, 2.05) is 0 Å². The molecule has 1 N–H and O–H groups in total. The highest BCUT2D eigenvalue weighted by Crippen LogP contribution is 2.39. The molecule has 0 heterocycles. The number of hydrogen-bond acceptors (Lipinski definition) is 4. The van der Waals surface area contributed by atoms with Crippen LogP contribution in [-0.4, -0.2) is 23.5 Å². The van der Waals surface area contributed by atoms with Gasteiger partial charge in [0.05, 0.1) is 13.7 Å². The number of carbonyl (C=O) groups excluding carboxylic acids is 1. The highest BCUT2D eigenvalue weighted by molar-refractivity contribution is 8.00. The molecule has 0 radical (unpaired) electrons. The molecule has 2 aromatic carbocycles. The van der Waals surface area contributed by atoms with Gasteiger partial charge >= 0.3 is 5.51 Å². The van der Waals surface area contributed by atoms with Gasteiger partial charge in [-0.05, 0) is 42.3 Å². The summed E-state index contributed by atoms with van der Waals surface area (Å²) < 4.78 is 42.5. The maximum atomic E-state index is 12.7. The Labute approximate surface area is 153 Å². The van der Waals surface area contributed by atoms with Crippen molar-refractivity contribution in [3.63, 3.8) is 0 Å². The van der Waals surface area contributed by atoms with Crippen molar-refractivity contribution in [3.05, 3.63) is 58.7 Å². The second-order valence-electron chi connectivity index (χ2n) is 6.10. The third kappa shape index (κ3) is 3.88. The van der Waals surface area contributed by atoms with Gasteiger partial charge in [-0.1, -0.05) is 24.3 Å². The third-order valence-corrected chi connectivity index (χ3v) is 5.18. The largest absolute Gasteiger partial charge is 0.496 e. The monoisotopic (exact) mass is 382 g/mol. The van der Waals surface area contributed by atoms with Crippen molar-refractivity contribution in [2.45, 2.75) is 29.9 Å². The summed E-state index contributed by atoms with van der Waals surface area (Å²) in [6.07, 6.45) is 0.937. The number of methoxy groups -OCH3 is 1. The van der Waals surface area contributed by atoms with Crippen molar-refractivity contribution < 1.29 is 27.8 Å². The molecule has 26 heavy (non-hydrogen) atoms. The van der Waals surface area contributed by atoms with Crippen molar-refractivity contribution >= 4 is 17.5 Å². The summed E-state index contributed by atoms with van der Waals surface area (Å²) >= 11 is -0.156. The summed E-state index contributed by atoms with van der Waals surface area (Å²) in [6, 6.07) is 9.48. The number of aliphatic hydroxyl groups excluding tert-OH is 1. The normalized spacial score (nSPS) is 16.7. The minimum Gasteiger partial charge on any atom is -0.496 e. The van der Waals surface area contributed by atoms with Crippen LogP contribution in [0.15, 0.2) is 41.3 Å². The van der Waals surface area contributed by atoms with Crippen LogP contribution in [0.5, 0.6) is 5.75 Å². The lowest BCUT2D eigenvalue weighted by molar-refractivity contribution is -0.0328. The molecule has 1 aliphatic carbocycles. The van der Waals surface area contributed by atoms with Gasteiger partial charge in [0, 0.05) is 27.5 Å².